The molecule has 4 aromatic rings. The summed E-state index contributed by atoms with van der Waals surface area (Å²) in [6.07, 6.45) is 0. The molecule has 5 N–H and O–H groups in total. The van der Waals surface area contributed by atoms with Crippen molar-refractivity contribution in [3.63, 3.8) is 0 Å². The highest BCUT2D eigenvalue weighted by atomic mass is 32.2. The second-order valence-corrected chi connectivity index (χ2v) is 14.3. The minimum Gasteiger partial charge on any atom is -0.478 e. The van der Waals surface area contributed by atoms with Crippen molar-refractivity contribution in [1.82, 2.24) is 0 Å². The van der Waals surface area contributed by atoms with Crippen LogP contribution in [0.5, 0.6) is 0 Å². The quantitative estimate of drug-likeness (QED) is 0.174. The highest BCUT2D eigenvalue weighted by Crippen LogP contribution is 2.34. The van der Waals surface area contributed by atoms with Gasteiger partial charge in [0.25, 0.3) is 5.91 Å². The second-order valence-electron chi connectivity index (χ2n) is 12.4. The second kappa shape index (κ2) is 12.2. The molecule has 0 saturated heterocycles. The number of carbonyl (C=O) groups excluding carboxylic acids is 2. The Hall–Kier alpha value is -5.29. The van der Waals surface area contributed by atoms with Crippen LogP contribution in [-0.2, 0) is 20.7 Å². The third-order valence-corrected chi connectivity index (χ3v) is 9.62. The van der Waals surface area contributed by atoms with Gasteiger partial charge < -0.3 is 21.3 Å². The van der Waals surface area contributed by atoms with E-state index in [2.05, 4.69) is 5.32 Å². The van der Waals surface area contributed by atoms with E-state index in [0.717, 1.165) is 5.56 Å². The number of hydrogen-bond acceptors (Lipinski definition) is 6. The van der Waals surface area contributed by atoms with Crippen molar-refractivity contribution in [3.8, 4) is 0 Å². The van der Waals surface area contributed by atoms with Gasteiger partial charge in [0, 0.05) is 11.1 Å². The first-order valence-corrected chi connectivity index (χ1v) is 15.6. The fraction of sp³-hybridized carbons (Fsp3) is 0.200. The number of primary amides is 1. The lowest BCUT2D eigenvalue weighted by Crippen LogP contribution is -2.24. The van der Waals surface area contributed by atoms with Gasteiger partial charge in [-0.2, -0.15) is 0 Å². The molecule has 2 amide bonds. The number of nitrogens with two attached hydrogens (primary N) is 1. The molecule has 0 aliphatic rings. The van der Waals surface area contributed by atoms with Gasteiger partial charge in [-0.1, -0.05) is 65.0 Å². The Kier molecular flexibility index (Phi) is 8.94. The van der Waals surface area contributed by atoms with Crippen molar-refractivity contribution in [3.05, 3.63) is 124 Å². The molecule has 0 unspecified atom stereocenters. The minimum absolute atomic E-state index is 0.0558. The number of aromatic carboxylic acids is 2. The van der Waals surface area contributed by atoms with E-state index in [4.69, 9.17) is 5.73 Å². The van der Waals surface area contributed by atoms with Gasteiger partial charge in [0.2, 0.25) is 15.7 Å². The minimum atomic E-state index is -3.96. The number of carbonyl (C=O) groups is 4. The fourth-order valence-corrected chi connectivity index (χ4v) is 6.35. The Morgan fingerprint density at radius 1 is 0.630 bits per heavy atom. The Labute approximate surface area is 266 Å². The molecular formula is C35H34N2O8S. The van der Waals surface area contributed by atoms with Crippen molar-refractivity contribution >= 4 is 39.3 Å². The summed E-state index contributed by atoms with van der Waals surface area (Å²) in [5.74, 6) is -4.40. The van der Waals surface area contributed by atoms with Crippen LogP contribution in [0, 0.1) is 0 Å². The molecule has 4 aromatic carbocycles. The Morgan fingerprint density at radius 2 is 1.13 bits per heavy atom. The maximum atomic E-state index is 13.6. The third kappa shape index (κ3) is 6.69. The predicted molar refractivity (Wildman–Crippen MR) is 172 cm³/mol. The first kappa shape index (κ1) is 33.6. The van der Waals surface area contributed by atoms with Crippen LogP contribution in [0.25, 0.3) is 0 Å². The van der Waals surface area contributed by atoms with Crippen molar-refractivity contribution in [2.45, 2.75) is 55.2 Å². The number of carboxylic acid groups (broad SMARTS) is 2. The third-order valence-electron chi connectivity index (χ3n) is 7.87. The Bertz CT molecular complexity index is 2010. The van der Waals surface area contributed by atoms with Crippen LogP contribution >= 0.6 is 0 Å². The number of hydrogen-bond donors (Lipinski definition) is 4. The molecule has 10 nitrogen and oxygen atoms in total. The van der Waals surface area contributed by atoms with Crippen LogP contribution in [0.2, 0.25) is 0 Å². The largest absolute Gasteiger partial charge is 0.478 e. The number of carboxylic acids is 2. The van der Waals surface area contributed by atoms with Gasteiger partial charge in [-0.3, -0.25) is 9.59 Å². The van der Waals surface area contributed by atoms with E-state index in [1.54, 1.807) is 26.0 Å². The SMILES string of the molecule is CC(C)(C)c1cccc(S(=O)(=O)c2cccc(NC(=O)c3cc(C(C)(C)c4ccc(C(=O)O)c(C(N)=O)c4)ccc3C(=O)O)c2)c1. The summed E-state index contributed by atoms with van der Waals surface area (Å²) in [6.45, 7) is 9.44. The Morgan fingerprint density at radius 3 is 1.65 bits per heavy atom. The molecule has 0 radical (unpaired) electrons. The van der Waals surface area contributed by atoms with Crippen molar-refractivity contribution in [1.29, 1.82) is 0 Å². The van der Waals surface area contributed by atoms with Crippen LogP contribution < -0.4 is 11.1 Å². The predicted octanol–water partition coefficient (Wildman–Crippen LogP) is 5.89. The normalized spacial score (nSPS) is 11.9. The monoisotopic (exact) mass is 642 g/mol. The number of benzene rings is 4. The van der Waals surface area contributed by atoms with Gasteiger partial charge in [0.05, 0.1) is 32.0 Å². The summed E-state index contributed by atoms with van der Waals surface area (Å²) in [7, 11) is -3.96. The highest BCUT2D eigenvalue weighted by molar-refractivity contribution is 7.91. The lowest BCUT2D eigenvalue weighted by molar-refractivity contribution is 0.0683. The molecule has 0 fully saturated rings. The summed E-state index contributed by atoms with van der Waals surface area (Å²) in [6, 6.07) is 20.7. The molecular weight excluding hydrogens is 608 g/mol. The van der Waals surface area contributed by atoms with E-state index in [0.29, 0.717) is 11.1 Å². The highest BCUT2D eigenvalue weighted by Gasteiger charge is 2.29. The van der Waals surface area contributed by atoms with Gasteiger partial charge >= 0.3 is 11.9 Å². The molecule has 0 aliphatic heterocycles. The molecule has 0 spiro atoms. The van der Waals surface area contributed by atoms with Crippen LogP contribution in [0.3, 0.4) is 0 Å². The van der Waals surface area contributed by atoms with Crippen molar-refractivity contribution in [2.24, 2.45) is 5.73 Å². The maximum absolute atomic E-state index is 13.6. The zero-order valence-corrected chi connectivity index (χ0v) is 26.7. The average molecular weight is 643 g/mol. The molecule has 0 heterocycles. The average Bonchev–Trinajstić information content (AvgIpc) is 3.00. The molecule has 0 bridgehead atoms. The summed E-state index contributed by atoms with van der Waals surface area (Å²) >= 11 is 0. The maximum Gasteiger partial charge on any atom is 0.336 e. The Balaban J connectivity index is 1.71. The summed E-state index contributed by atoms with van der Waals surface area (Å²) < 4.78 is 27.1. The van der Waals surface area contributed by atoms with E-state index in [9.17, 15) is 37.8 Å². The van der Waals surface area contributed by atoms with E-state index < -0.39 is 39.0 Å². The molecule has 0 saturated carbocycles. The molecule has 0 aliphatic carbocycles. The van der Waals surface area contributed by atoms with Crippen LogP contribution in [0.4, 0.5) is 5.69 Å². The standard InChI is InChI=1S/C35H34N2O8S/c1-34(2,3)20-8-6-10-24(16-20)46(44,45)25-11-7-9-23(19-25)37-31(39)29-18-22(13-15-27(29)33(42)43)35(4,5)21-12-14-26(32(40)41)28(17-21)30(36)38/h6-19H,1-5H3,(H2,36,38)(H,37,39)(H,40,41)(H,42,43). The summed E-state index contributed by atoms with van der Waals surface area (Å²) in [5.41, 5.74) is 5.21. The van der Waals surface area contributed by atoms with Crippen molar-refractivity contribution < 1.29 is 37.8 Å². The number of sulfone groups is 1. The van der Waals surface area contributed by atoms with Gasteiger partial charge in [-0.05, 0) is 76.7 Å². The molecule has 4 rings (SSSR count). The van der Waals surface area contributed by atoms with Gasteiger partial charge in [0.15, 0.2) is 0 Å². The smallest absolute Gasteiger partial charge is 0.336 e. The first-order valence-electron chi connectivity index (χ1n) is 14.2. The first-order chi connectivity index (χ1) is 21.3. The zero-order chi connectivity index (χ0) is 34.2. The topological polar surface area (TPSA) is 181 Å². The van der Waals surface area contributed by atoms with Gasteiger partial charge in [-0.15, -0.1) is 0 Å². The molecule has 0 atom stereocenters. The molecule has 46 heavy (non-hydrogen) atoms. The number of amides is 2. The van der Waals surface area contributed by atoms with Crippen LogP contribution in [0.1, 0.15) is 92.7 Å². The zero-order valence-electron chi connectivity index (χ0n) is 25.9. The van der Waals surface area contributed by atoms with E-state index in [1.807, 2.05) is 26.8 Å². The molecule has 238 valence electrons. The molecule has 11 heteroatoms. The van der Waals surface area contributed by atoms with E-state index >= 15 is 0 Å². The number of nitrogens with one attached hydrogen (secondary N) is 1. The van der Waals surface area contributed by atoms with Gasteiger partial charge in [-0.25, -0.2) is 18.0 Å². The number of rotatable bonds is 9. The van der Waals surface area contributed by atoms with Gasteiger partial charge in [0.1, 0.15) is 0 Å². The van der Waals surface area contributed by atoms with Crippen LogP contribution in [-0.4, -0.2) is 42.4 Å². The van der Waals surface area contributed by atoms with Crippen LogP contribution in [0.15, 0.2) is 94.7 Å². The lowest BCUT2D eigenvalue weighted by atomic mass is 9.76. The molecule has 0 aromatic heterocycles. The summed E-state index contributed by atoms with van der Waals surface area (Å²) in [4.78, 5) is 49.3. The summed E-state index contributed by atoms with van der Waals surface area (Å²) in [5, 5.41) is 21.9. The van der Waals surface area contributed by atoms with E-state index in [1.165, 1.54) is 66.7 Å². The van der Waals surface area contributed by atoms with E-state index in [-0.39, 0.29) is 43.1 Å². The fourth-order valence-electron chi connectivity index (χ4n) is 5.00. The lowest BCUT2D eigenvalue weighted by Gasteiger charge is -2.27. The number of anilines is 1. The van der Waals surface area contributed by atoms with Crippen molar-refractivity contribution in [2.75, 3.05) is 5.32 Å².